The molecule has 6 heteroatoms. The molecule has 0 spiro atoms. The second-order valence-electron chi connectivity index (χ2n) is 9.21. The molecule has 1 fully saturated rings. The fourth-order valence-corrected chi connectivity index (χ4v) is 7.37. The summed E-state index contributed by atoms with van der Waals surface area (Å²) in [6.07, 6.45) is 0.862. The molecule has 2 aromatic carbocycles. The molecule has 5 nitrogen and oxygen atoms in total. The van der Waals surface area contributed by atoms with Gasteiger partial charge >= 0.3 is 0 Å². The lowest BCUT2D eigenvalue weighted by molar-refractivity contribution is -0.127. The van der Waals surface area contributed by atoms with E-state index in [0.29, 0.717) is 13.2 Å². The summed E-state index contributed by atoms with van der Waals surface area (Å²) in [6.45, 7) is 14.7. The van der Waals surface area contributed by atoms with Crippen molar-refractivity contribution in [3.05, 3.63) is 60.7 Å². The zero-order valence-corrected chi connectivity index (χ0v) is 22.1. The summed E-state index contributed by atoms with van der Waals surface area (Å²) in [5, 5.41) is 25.8. The van der Waals surface area contributed by atoms with Crippen molar-refractivity contribution in [2.45, 2.75) is 81.3 Å². The van der Waals surface area contributed by atoms with Gasteiger partial charge in [0.15, 0.2) is 5.79 Å². The van der Waals surface area contributed by atoms with Crippen molar-refractivity contribution in [3.63, 3.8) is 0 Å². The number of aliphatic hydroxyl groups excluding tert-OH is 1. The van der Waals surface area contributed by atoms with E-state index in [1.807, 2.05) is 26.0 Å². The summed E-state index contributed by atoms with van der Waals surface area (Å²) in [4.78, 5) is 2.44. The molecule has 0 amide bonds. The van der Waals surface area contributed by atoms with Crippen LogP contribution in [0.25, 0.3) is 0 Å². The Bertz CT molecular complexity index is 723. The van der Waals surface area contributed by atoms with Gasteiger partial charge < -0.3 is 24.2 Å². The van der Waals surface area contributed by atoms with Crippen LogP contribution in [0.1, 0.15) is 54.9 Å². The van der Waals surface area contributed by atoms with Crippen molar-refractivity contribution in [1.82, 2.24) is 0 Å². The molecule has 1 heterocycles. The van der Waals surface area contributed by atoms with Crippen molar-refractivity contribution < 1.29 is 24.2 Å². The van der Waals surface area contributed by atoms with Gasteiger partial charge in [-0.3, -0.25) is 0 Å². The van der Waals surface area contributed by atoms with Gasteiger partial charge in [0.05, 0.1) is 12.7 Å². The molecule has 0 aliphatic carbocycles. The first-order valence-corrected chi connectivity index (χ1v) is 13.3. The van der Waals surface area contributed by atoms with Crippen molar-refractivity contribution in [2.24, 2.45) is 5.92 Å². The molecule has 33 heavy (non-hydrogen) atoms. The molecule has 1 aliphatic rings. The molecule has 1 saturated heterocycles. The fourth-order valence-electron chi connectivity index (χ4n) is 3.64. The minimum Gasteiger partial charge on any atom is -0.396 e. The van der Waals surface area contributed by atoms with Crippen molar-refractivity contribution in [3.8, 4) is 0 Å². The van der Waals surface area contributed by atoms with Crippen LogP contribution in [0.4, 0.5) is 0 Å². The first-order valence-electron chi connectivity index (χ1n) is 11.7. The second kappa shape index (κ2) is 13.5. The molecule has 0 bridgehead atoms. The maximum absolute atomic E-state index is 9.63. The third-order valence-corrected chi connectivity index (χ3v) is 9.09. The lowest BCUT2D eigenvalue weighted by atomic mass is 10.0. The van der Waals surface area contributed by atoms with Gasteiger partial charge in [-0.05, 0) is 65.3 Å². The van der Waals surface area contributed by atoms with E-state index in [-0.39, 0.29) is 23.4 Å². The third kappa shape index (κ3) is 8.71. The van der Waals surface area contributed by atoms with Crippen LogP contribution in [0.2, 0.25) is 0 Å². The standard InChI is InChI=1S/C22H30O3S.C3H8O2.C2H6/c1-22(2,3)26(19-10-6-4-7-11-19,20-12-8-5-9-13-20)25-17-21-18(16-23)14-15-24-21;1-3(2,4)5;1-2/h4-13,18,21,23H,14-17H2,1-3H3;4-5H,1-2H3;1-2H3/t18-,21?;;/m1../s1. The van der Waals surface area contributed by atoms with E-state index < -0.39 is 16.1 Å². The number of rotatable bonds is 6. The Morgan fingerprint density at radius 1 is 0.879 bits per heavy atom. The molecule has 3 rings (SSSR count). The van der Waals surface area contributed by atoms with Gasteiger partial charge in [0.1, 0.15) is 0 Å². The van der Waals surface area contributed by atoms with Crippen LogP contribution >= 0.6 is 10.3 Å². The topological polar surface area (TPSA) is 79.2 Å². The number of hydrogen-bond donors (Lipinski definition) is 3. The summed E-state index contributed by atoms with van der Waals surface area (Å²) in [5.74, 6) is -1.33. The predicted octanol–water partition coefficient (Wildman–Crippen LogP) is 5.77. The SMILES string of the molecule is CC.CC(C)(C)S(OCC1OCC[C@@H]1CO)(c1ccccc1)c1ccccc1.CC(C)(O)O. The average molecular weight is 481 g/mol. The van der Waals surface area contributed by atoms with E-state index in [4.69, 9.17) is 19.1 Å². The Balaban J connectivity index is 0.000000689. The summed E-state index contributed by atoms with van der Waals surface area (Å²) < 4.78 is 12.6. The lowest BCUT2D eigenvalue weighted by Crippen LogP contribution is -2.32. The zero-order chi connectivity index (χ0) is 25.1. The highest BCUT2D eigenvalue weighted by Gasteiger charge is 2.42. The van der Waals surface area contributed by atoms with E-state index in [1.54, 1.807) is 0 Å². The quantitative estimate of drug-likeness (QED) is 0.458. The Kier molecular flexibility index (Phi) is 12.1. The molecule has 1 aliphatic heterocycles. The highest BCUT2D eigenvalue weighted by atomic mass is 32.3. The smallest absolute Gasteiger partial charge is 0.156 e. The van der Waals surface area contributed by atoms with Crippen molar-refractivity contribution in [2.75, 3.05) is 19.8 Å². The molecule has 0 saturated carbocycles. The second-order valence-corrected chi connectivity index (χ2v) is 12.7. The van der Waals surface area contributed by atoms with Crippen LogP contribution < -0.4 is 0 Å². The Morgan fingerprint density at radius 3 is 1.67 bits per heavy atom. The predicted molar refractivity (Wildman–Crippen MR) is 138 cm³/mol. The average Bonchev–Trinajstić information content (AvgIpc) is 3.23. The molecule has 2 atom stereocenters. The van der Waals surface area contributed by atoms with E-state index in [1.165, 1.54) is 23.6 Å². The van der Waals surface area contributed by atoms with E-state index in [9.17, 15) is 5.11 Å². The molecule has 3 N–H and O–H groups in total. The zero-order valence-electron chi connectivity index (χ0n) is 21.3. The minimum atomic E-state index is -1.75. The largest absolute Gasteiger partial charge is 0.396 e. The number of hydrogen-bond acceptors (Lipinski definition) is 5. The Hall–Kier alpha value is -1.41. The van der Waals surface area contributed by atoms with E-state index in [0.717, 1.165) is 6.42 Å². The van der Waals surface area contributed by atoms with Gasteiger partial charge in [-0.15, -0.1) is 0 Å². The minimum absolute atomic E-state index is 0.0401. The monoisotopic (exact) mass is 480 g/mol. The summed E-state index contributed by atoms with van der Waals surface area (Å²) in [7, 11) is -1.75. The molecule has 1 unspecified atom stereocenters. The van der Waals surface area contributed by atoms with Gasteiger partial charge in [-0.1, -0.05) is 60.6 Å². The van der Waals surface area contributed by atoms with Gasteiger partial charge in [0.2, 0.25) is 0 Å². The Labute approximate surface area is 202 Å². The molecular weight excluding hydrogens is 436 g/mol. The third-order valence-electron chi connectivity index (χ3n) is 5.00. The molecule has 0 radical (unpaired) electrons. The van der Waals surface area contributed by atoms with E-state index in [2.05, 4.69) is 69.3 Å². The number of benzene rings is 2. The van der Waals surface area contributed by atoms with Crippen LogP contribution in [0.5, 0.6) is 0 Å². The normalized spacial score (nSPS) is 19.1. The van der Waals surface area contributed by atoms with Crippen molar-refractivity contribution >= 4 is 10.3 Å². The van der Waals surface area contributed by atoms with Crippen LogP contribution in [-0.4, -0.2) is 51.8 Å². The van der Waals surface area contributed by atoms with E-state index >= 15 is 0 Å². The number of aliphatic hydroxyl groups is 3. The molecule has 0 aromatic heterocycles. The Morgan fingerprint density at radius 2 is 1.30 bits per heavy atom. The fraction of sp³-hybridized carbons (Fsp3) is 0.556. The van der Waals surface area contributed by atoms with Crippen molar-refractivity contribution in [1.29, 1.82) is 0 Å². The summed E-state index contributed by atoms with van der Waals surface area (Å²) in [5.41, 5.74) is 0. The molecule has 188 valence electrons. The van der Waals surface area contributed by atoms with Gasteiger partial charge in [0, 0.05) is 33.7 Å². The maximum atomic E-state index is 9.63. The van der Waals surface area contributed by atoms with Crippen LogP contribution in [0, 0.1) is 5.92 Å². The van der Waals surface area contributed by atoms with Gasteiger partial charge in [-0.2, -0.15) is 0 Å². The lowest BCUT2D eigenvalue weighted by Gasteiger charge is -2.50. The molecule has 2 aromatic rings. The maximum Gasteiger partial charge on any atom is 0.156 e. The van der Waals surface area contributed by atoms with Crippen LogP contribution in [-0.2, 0) is 8.92 Å². The highest BCUT2D eigenvalue weighted by Crippen LogP contribution is 2.71. The van der Waals surface area contributed by atoms with Crippen LogP contribution in [0.15, 0.2) is 70.5 Å². The first kappa shape index (κ1) is 29.6. The highest BCUT2D eigenvalue weighted by molar-refractivity contribution is 8.31. The number of ether oxygens (including phenoxy) is 1. The van der Waals surface area contributed by atoms with Crippen LogP contribution in [0.3, 0.4) is 0 Å². The van der Waals surface area contributed by atoms with Gasteiger partial charge in [-0.25, -0.2) is 0 Å². The molecular formula is C27H44O5S. The summed E-state index contributed by atoms with van der Waals surface area (Å²) in [6, 6.07) is 21.1. The summed E-state index contributed by atoms with van der Waals surface area (Å²) >= 11 is 0. The van der Waals surface area contributed by atoms with Gasteiger partial charge in [0.25, 0.3) is 0 Å². The first-order chi connectivity index (χ1) is 15.5.